The summed E-state index contributed by atoms with van der Waals surface area (Å²) in [5, 5.41) is 18.7. The molecule has 6 rings (SSSR count). The predicted molar refractivity (Wildman–Crippen MR) is 171 cm³/mol. The zero-order valence-corrected chi connectivity index (χ0v) is 24.8. The lowest BCUT2D eigenvalue weighted by Crippen LogP contribution is -2.38. The molecule has 1 aliphatic rings. The highest BCUT2D eigenvalue weighted by atomic mass is 35.5. The van der Waals surface area contributed by atoms with E-state index in [4.69, 9.17) is 27.9 Å². The van der Waals surface area contributed by atoms with Gasteiger partial charge in [-0.15, -0.1) is 11.3 Å². The van der Waals surface area contributed by atoms with E-state index in [1.165, 1.54) is 34.2 Å². The molecule has 212 valence electrons. The normalized spacial score (nSPS) is 15.1. The average molecular weight is 617 g/mol. The van der Waals surface area contributed by atoms with Gasteiger partial charge in [0, 0.05) is 39.5 Å². The van der Waals surface area contributed by atoms with Gasteiger partial charge in [-0.3, -0.25) is 9.69 Å². The van der Waals surface area contributed by atoms with Crippen LogP contribution in [0.2, 0.25) is 10.0 Å². The van der Waals surface area contributed by atoms with E-state index >= 15 is 0 Å². The molecule has 2 N–H and O–H groups in total. The van der Waals surface area contributed by atoms with Gasteiger partial charge in [0.05, 0.1) is 17.3 Å². The standard InChI is InChI=1S/C33H27Cl2N3O3S/c34-24-9-5-21(6-10-24)32-27-14-18-42-31(27)13-15-38(32)16-17-41-30-12-8-23(25-3-1-2-4-26(25)30)20-36-37-33(40)22-7-11-29(39)28(35)19-22/h1-12,14,18-20,32,39H,13,15-17H2,(H,37,40). The first-order chi connectivity index (χ1) is 20.5. The summed E-state index contributed by atoms with van der Waals surface area (Å²) >= 11 is 13.9. The number of thiophene rings is 1. The van der Waals surface area contributed by atoms with Crippen molar-refractivity contribution in [3.8, 4) is 11.5 Å². The molecule has 0 radical (unpaired) electrons. The highest BCUT2D eigenvalue weighted by molar-refractivity contribution is 7.10. The number of amides is 1. The van der Waals surface area contributed by atoms with Crippen molar-refractivity contribution >= 4 is 57.4 Å². The summed E-state index contributed by atoms with van der Waals surface area (Å²) in [7, 11) is 0. The number of aromatic hydroxyl groups is 1. The molecule has 0 bridgehead atoms. The van der Waals surface area contributed by atoms with Gasteiger partial charge >= 0.3 is 0 Å². The number of carbonyl (C=O) groups excluding carboxylic acids is 1. The number of nitrogens with one attached hydrogen (secondary N) is 1. The quantitative estimate of drug-likeness (QED) is 0.138. The Kier molecular flexibility index (Phi) is 8.44. The third kappa shape index (κ3) is 6.01. The van der Waals surface area contributed by atoms with E-state index in [1.54, 1.807) is 6.21 Å². The highest BCUT2D eigenvalue weighted by Gasteiger charge is 2.29. The Morgan fingerprint density at radius 2 is 1.86 bits per heavy atom. The summed E-state index contributed by atoms with van der Waals surface area (Å²) in [6.07, 6.45) is 2.64. The Balaban J connectivity index is 1.15. The van der Waals surface area contributed by atoms with Crippen LogP contribution < -0.4 is 10.2 Å². The fraction of sp³-hybridized carbons (Fsp3) is 0.152. The molecule has 0 aliphatic carbocycles. The number of carbonyl (C=O) groups is 1. The number of phenols is 1. The van der Waals surface area contributed by atoms with Crippen molar-refractivity contribution in [1.29, 1.82) is 0 Å². The zero-order chi connectivity index (χ0) is 29.1. The number of halogens is 2. The van der Waals surface area contributed by atoms with Crippen molar-refractivity contribution < 1.29 is 14.6 Å². The van der Waals surface area contributed by atoms with Crippen LogP contribution in [-0.4, -0.2) is 41.8 Å². The summed E-state index contributed by atoms with van der Waals surface area (Å²) in [4.78, 5) is 16.4. The van der Waals surface area contributed by atoms with Gasteiger partial charge in [0.15, 0.2) is 0 Å². The molecular formula is C33H27Cl2N3O3S. The maximum atomic E-state index is 12.5. The number of benzene rings is 4. The van der Waals surface area contributed by atoms with Crippen molar-refractivity contribution in [1.82, 2.24) is 10.3 Å². The lowest BCUT2D eigenvalue weighted by Gasteiger charge is -2.36. The van der Waals surface area contributed by atoms with Crippen molar-refractivity contribution in [2.24, 2.45) is 5.10 Å². The van der Waals surface area contributed by atoms with E-state index < -0.39 is 5.91 Å². The van der Waals surface area contributed by atoms with Crippen molar-refractivity contribution in [2.75, 3.05) is 19.7 Å². The van der Waals surface area contributed by atoms with Gasteiger partial charge in [0.2, 0.25) is 0 Å². The summed E-state index contributed by atoms with van der Waals surface area (Å²) in [5.41, 5.74) is 6.25. The van der Waals surface area contributed by atoms with E-state index in [-0.39, 0.29) is 16.8 Å². The third-order valence-electron chi connectivity index (χ3n) is 7.38. The zero-order valence-electron chi connectivity index (χ0n) is 22.5. The van der Waals surface area contributed by atoms with Crippen LogP contribution in [0.5, 0.6) is 11.5 Å². The molecule has 6 nitrogen and oxygen atoms in total. The molecule has 42 heavy (non-hydrogen) atoms. The highest BCUT2D eigenvalue weighted by Crippen LogP contribution is 2.38. The van der Waals surface area contributed by atoms with E-state index in [2.05, 4.69) is 39.0 Å². The largest absolute Gasteiger partial charge is 0.506 e. The van der Waals surface area contributed by atoms with Crippen LogP contribution in [0.3, 0.4) is 0 Å². The third-order valence-corrected chi connectivity index (χ3v) is 8.94. The molecule has 4 aromatic carbocycles. The monoisotopic (exact) mass is 615 g/mol. The fourth-order valence-corrected chi connectivity index (χ4v) is 6.53. The molecule has 0 saturated carbocycles. The molecule has 5 aromatic rings. The maximum absolute atomic E-state index is 12.5. The van der Waals surface area contributed by atoms with Gasteiger partial charge in [-0.1, -0.05) is 59.6 Å². The number of rotatable bonds is 8. The molecule has 1 aliphatic heterocycles. The second-order valence-corrected chi connectivity index (χ2v) is 11.8. The molecule has 1 aromatic heterocycles. The van der Waals surface area contributed by atoms with Crippen molar-refractivity contribution in [3.63, 3.8) is 0 Å². The summed E-state index contributed by atoms with van der Waals surface area (Å²) < 4.78 is 6.36. The van der Waals surface area contributed by atoms with Gasteiger partial charge in [-0.2, -0.15) is 5.10 Å². The first-order valence-corrected chi connectivity index (χ1v) is 15.1. The van der Waals surface area contributed by atoms with E-state index in [0.29, 0.717) is 12.2 Å². The predicted octanol–water partition coefficient (Wildman–Crippen LogP) is 7.70. The number of hydrogen-bond acceptors (Lipinski definition) is 6. The Labute approximate surface area is 257 Å². The van der Waals surface area contributed by atoms with Crippen LogP contribution >= 0.6 is 34.5 Å². The molecule has 1 amide bonds. The Morgan fingerprint density at radius 1 is 1.05 bits per heavy atom. The van der Waals surface area contributed by atoms with Crippen LogP contribution in [0, 0.1) is 0 Å². The Hall–Kier alpha value is -3.88. The Bertz CT molecular complexity index is 1770. The molecule has 1 unspecified atom stereocenters. The molecule has 9 heteroatoms. The van der Waals surface area contributed by atoms with Crippen LogP contribution in [-0.2, 0) is 6.42 Å². The van der Waals surface area contributed by atoms with E-state index in [9.17, 15) is 9.90 Å². The van der Waals surface area contributed by atoms with Crippen LogP contribution in [0.4, 0.5) is 0 Å². The van der Waals surface area contributed by atoms with Crippen LogP contribution in [0.1, 0.15) is 38.0 Å². The summed E-state index contributed by atoms with van der Waals surface area (Å²) in [6.45, 7) is 2.27. The van der Waals surface area contributed by atoms with Gasteiger partial charge < -0.3 is 9.84 Å². The second-order valence-electron chi connectivity index (χ2n) is 9.95. The Morgan fingerprint density at radius 3 is 2.67 bits per heavy atom. The minimum Gasteiger partial charge on any atom is -0.506 e. The second kappa shape index (κ2) is 12.5. The van der Waals surface area contributed by atoms with E-state index in [1.807, 2.05) is 59.9 Å². The van der Waals surface area contributed by atoms with E-state index in [0.717, 1.165) is 46.6 Å². The lowest BCUT2D eigenvalue weighted by atomic mass is 9.93. The van der Waals surface area contributed by atoms with Crippen LogP contribution in [0.25, 0.3) is 10.8 Å². The first-order valence-electron chi connectivity index (χ1n) is 13.5. The number of hydrazone groups is 1. The molecule has 1 atom stereocenters. The fourth-order valence-electron chi connectivity index (χ4n) is 5.32. The van der Waals surface area contributed by atoms with Crippen molar-refractivity contribution in [2.45, 2.75) is 12.5 Å². The number of fused-ring (bicyclic) bond motifs is 2. The molecule has 0 saturated heterocycles. The minimum absolute atomic E-state index is 0.0839. The van der Waals surface area contributed by atoms with Gasteiger partial charge in [0.25, 0.3) is 5.91 Å². The molecule has 0 fully saturated rings. The topological polar surface area (TPSA) is 74.2 Å². The smallest absolute Gasteiger partial charge is 0.271 e. The van der Waals surface area contributed by atoms with Gasteiger partial charge in [0.1, 0.15) is 18.1 Å². The first kappa shape index (κ1) is 28.2. The van der Waals surface area contributed by atoms with Gasteiger partial charge in [-0.25, -0.2) is 5.43 Å². The summed E-state index contributed by atoms with van der Waals surface area (Å²) in [5.74, 6) is 0.280. The number of phenolic OH excluding ortho intramolecular Hbond substituents is 1. The number of nitrogens with zero attached hydrogens (tertiary/aromatic N) is 2. The average Bonchev–Trinajstić information content (AvgIpc) is 3.49. The molecular weight excluding hydrogens is 589 g/mol. The maximum Gasteiger partial charge on any atom is 0.271 e. The minimum atomic E-state index is -0.429. The SMILES string of the molecule is O=C(NN=Cc1ccc(OCCN2CCc3sccc3C2c2ccc(Cl)cc2)c2ccccc12)c1ccc(O)c(Cl)c1. The van der Waals surface area contributed by atoms with Gasteiger partial charge in [-0.05, 0) is 76.8 Å². The summed E-state index contributed by atoms with van der Waals surface area (Å²) in [6, 6.07) is 26.6. The molecule has 2 heterocycles. The lowest BCUT2D eigenvalue weighted by molar-refractivity contribution is 0.0955. The number of ether oxygens (including phenoxy) is 1. The number of hydrogen-bond donors (Lipinski definition) is 2. The van der Waals surface area contributed by atoms with Crippen molar-refractivity contribution in [3.05, 3.63) is 127 Å². The van der Waals surface area contributed by atoms with Crippen LogP contribution in [0.15, 0.2) is 95.4 Å². The molecule has 0 spiro atoms.